The van der Waals surface area contributed by atoms with Gasteiger partial charge in [0.05, 0.1) is 6.61 Å². The number of thioether (sulfide) groups is 1. The molecule has 0 radical (unpaired) electrons. The van der Waals surface area contributed by atoms with Gasteiger partial charge in [-0.15, -0.1) is 0 Å². The first kappa shape index (κ1) is 13.6. The van der Waals surface area contributed by atoms with Crippen molar-refractivity contribution in [3.05, 3.63) is 35.9 Å². The van der Waals surface area contributed by atoms with E-state index in [4.69, 9.17) is 0 Å². The monoisotopic (exact) mass is 239 g/mol. The summed E-state index contributed by atoms with van der Waals surface area (Å²) in [7, 11) is 0. The summed E-state index contributed by atoms with van der Waals surface area (Å²) in [5.74, 6) is 1.18. The molecule has 0 saturated heterocycles. The van der Waals surface area contributed by atoms with Crippen molar-refractivity contribution in [3.63, 3.8) is 0 Å². The summed E-state index contributed by atoms with van der Waals surface area (Å²) >= 11 is 1.86. The van der Waals surface area contributed by atoms with Gasteiger partial charge in [0, 0.05) is 6.04 Å². The molecule has 0 aliphatic carbocycles. The van der Waals surface area contributed by atoms with Crippen LogP contribution in [0.25, 0.3) is 0 Å². The number of hydrogen-bond donors (Lipinski definition) is 2. The van der Waals surface area contributed by atoms with Crippen LogP contribution in [0.1, 0.15) is 12.0 Å². The van der Waals surface area contributed by atoms with Crippen molar-refractivity contribution in [2.24, 2.45) is 0 Å². The molecule has 0 aromatic heterocycles. The summed E-state index contributed by atoms with van der Waals surface area (Å²) < 4.78 is 0. The van der Waals surface area contributed by atoms with Gasteiger partial charge in [0.2, 0.25) is 0 Å². The molecule has 1 aromatic carbocycles. The standard InChI is InChI=1S/C13H21NOS/c1-16-9-5-8-14-13(11-15)10-12-6-3-2-4-7-12/h2-4,6-7,13-15H,5,8-11H2,1H3. The van der Waals surface area contributed by atoms with Crippen LogP contribution in [0.2, 0.25) is 0 Å². The van der Waals surface area contributed by atoms with Crippen LogP contribution in [0, 0.1) is 0 Å². The molecule has 0 aliphatic rings. The minimum atomic E-state index is 0.184. The van der Waals surface area contributed by atoms with E-state index < -0.39 is 0 Å². The predicted molar refractivity (Wildman–Crippen MR) is 72.0 cm³/mol. The van der Waals surface area contributed by atoms with E-state index in [1.807, 2.05) is 30.0 Å². The van der Waals surface area contributed by atoms with Gasteiger partial charge in [0.15, 0.2) is 0 Å². The summed E-state index contributed by atoms with van der Waals surface area (Å²) in [6, 6.07) is 10.5. The third kappa shape index (κ3) is 5.54. The average molecular weight is 239 g/mol. The van der Waals surface area contributed by atoms with Gasteiger partial charge >= 0.3 is 0 Å². The zero-order chi connectivity index (χ0) is 11.6. The van der Waals surface area contributed by atoms with E-state index in [1.54, 1.807) is 0 Å². The van der Waals surface area contributed by atoms with Crippen molar-refractivity contribution in [1.82, 2.24) is 5.32 Å². The van der Waals surface area contributed by atoms with Crippen molar-refractivity contribution in [2.75, 3.05) is 25.2 Å². The van der Waals surface area contributed by atoms with E-state index in [0.29, 0.717) is 0 Å². The zero-order valence-corrected chi connectivity index (χ0v) is 10.7. The molecule has 1 atom stereocenters. The summed E-state index contributed by atoms with van der Waals surface area (Å²) in [5, 5.41) is 12.7. The van der Waals surface area contributed by atoms with Crippen LogP contribution in [-0.2, 0) is 6.42 Å². The summed E-state index contributed by atoms with van der Waals surface area (Å²) in [4.78, 5) is 0. The zero-order valence-electron chi connectivity index (χ0n) is 9.86. The fourth-order valence-electron chi connectivity index (χ4n) is 1.62. The van der Waals surface area contributed by atoms with Gasteiger partial charge in [-0.1, -0.05) is 30.3 Å². The Morgan fingerprint density at radius 3 is 2.69 bits per heavy atom. The maximum atomic E-state index is 9.28. The summed E-state index contributed by atoms with van der Waals surface area (Å²) in [6.07, 6.45) is 4.18. The second-order valence-electron chi connectivity index (χ2n) is 3.87. The van der Waals surface area contributed by atoms with Crippen molar-refractivity contribution in [2.45, 2.75) is 18.9 Å². The van der Waals surface area contributed by atoms with E-state index in [9.17, 15) is 5.11 Å². The first-order valence-electron chi connectivity index (χ1n) is 5.74. The highest BCUT2D eigenvalue weighted by molar-refractivity contribution is 7.98. The van der Waals surface area contributed by atoms with Crippen LogP contribution in [0.3, 0.4) is 0 Å². The first-order valence-corrected chi connectivity index (χ1v) is 7.13. The molecule has 3 heteroatoms. The molecule has 1 rings (SSSR count). The van der Waals surface area contributed by atoms with Crippen LogP contribution >= 0.6 is 11.8 Å². The van der Waals surface area contributed by atoms with Gasteiger partial charge in [-0.3, -0.25) is 0 Å². The molecule has 0 saturated carbocycles. The highest BCUT2D eigenvalue weighted by Gasteiger charge is 2.06. The first-order chi connectivity index (χ1) is 7.86. The average Bonchev–Trinajstić information content (AvgIpc) is 2.34. The molecule has 0 aliphatic heterocycles. The van der Waals surface area contributed by atoms with Crippen molar-refractivity contribution < 1.29 is 5.11 Å². The molecule has 0 heterocycles. The summed E-state index contributed by atoms with van der Waals surface area (Å²) in [5.41, 5.74) is 1.28. The van der Waals surface area contributed by atoms with E-state index >= 15 is 0 Å². The molecule has 0 fully saturated rings. The third-order valence-corrected chi connectivity index (χ3v) is 3.20. The molecular formula is C13H21NOS. The molecule has 1 unspecified atom stereocenters. The Morgan fingerprint density at radius 2 is 2.06 bits per heavy atom. The highest BCUT2D eigenvalue weighted by atomic mass is 32.2. The Labute approximate surface area is 102 Å². The number of aliphatic hydroxyl groups excluding tert-OH is 1. The molecule has 0 amide bonds. The highest BCUT2D eigenvalue weighted by Crippen LogP contribution is 2.03. The molecular weight excluding hydrogens is 218 g/mol. The van der Waals surface area contributed by atoms with E-state index in [0.717, 1.165) is 19.4 Å². The normalized spacial score (nSPS) is 12.6. The van der Waals surface area contributed by atoms with Crippen LogP contribution in [-0.4, -0.2) is 36.3 Å². The SMILES string of the molecule is CSCCCNC(CO)Cc1ccccc1. The minimum Gasteiger partial charge on any atom is -0.395 e. The molecule has 16 heavy (non-hydrogen) atoms. The van der Waals surface area contributed by atoms with Gasteiger partial charge in [-0.05, 0) is 37.0 Å². The smallest absolute Gasteiger partial charge is 0.0587 e. The Hall–Kier alpha value is -0.510. The van der Waals surface area contributed by atoms with E-state index in [1.165, 1.54) is 11.3 Å². The van der Waals surface area contributed by atoms with E-state index in [2.05, 4.69) is 23.7 Å². The third-order valence-electron chi connectivity index (χ3n) is 2.50. The fourth-order valence-corrected chi connectivity index (χ4v) is 2.06. The Balaban J connectivity index is 2.26. The largest absolute Gasteiger partial charge is 0.395 e. The Kier molecular flexibility index (Phi) is 7.30. The van der Waals surface area contributed by atoms with Gasteiger partial charge in [0.25, 0.3) is 0 Å². The van der Waals surface area contributed by atoms with Crippen molar-refractivity contribution in [1.29, 1.82) is 0 Å². The summed E-state index contributed by atoms with van der Waals surface area (Å²) in [6.45, 7) is 1.19. The van der Waals surface area contributed by atoms with Crippen LogP contribution in [0.4, 0.5) is 0 Å². The maximum absolute atomic E-state index is 9.28. The lowest BCUT2D eigenvalue weighted by atomic mass is 10.1. The number of benzene rings is 1. The van der Waals surface area contributed by atoms with E-state index in [-0.39, 0.29) is 12.6 Å². The molecule has 0 spiro atoms. The quantitative estimate of drug-likeness (QED) is 0.680. The maximum Gasteiger partial charge on any atom is 0.0587 e. The second-order valence-corrected chi connectivity index (χ2v) is 4.86. The van der Waals surface area contributed by atoms with Gasteiger partial charge in [-0.2, -0.15) is 11.8 Å². The van der Waals surface area contributed by atoms with Gasteiger partial charge < -0.3 is 10.4 Å². The number of nitrogens with one attached hydrogen (secondary N) is 1. The topological polar surface area (TPSA) is 32.3 Å². The second kappa shape index (κ2) is 8.62. The Bertz CT molecular complexity index is 266. The van der Waals surface area contributed by atoms with Gasteiger partial charge in [0.1, 0.15) is 0 Å². The Morgan fingerprint density at radius 1 is 1.31 bits per heavy atom. The minimum absolute atomic E-state index is 0.184. The van der Waals surface area contributed by atoms with Crippen LogP contribution < -0.4 is 5.32 Å². The molecule has 90 valence electrons. The van der Waals surface area contributed by atoms with Crippen LogP contribution in [0.5, 0.6) is 0 Å². The molecule has 2 N–H and O–H groups in total. The predicted octanol–water partition coefficient (Wildman–Crippen LogP) is 1.93. The molecule has 2 nitrogen and oxygen atoms in total. The molecule has 0 bridgehead atoms. The number of hydrogen-bond acceptors (Lipinski definition) is 3. The lowest BCUT2D eigenvalue weighted by molar-refractivity contribution is 0.242. The fraction of sp³-hybridized carbons (Fsp3) is 0.538. The van der Waals surface area contributed by atoms with Crippen molar-refractivity contribution in [3.8, 4) is 0 Å². The van der Waals surface area contributed by atoms with Crippen LogP contribution in [0.15, 0.2) is 30.3 Å². The lowest BCUT2D eigenvalue weighted by Gasteiger charge is -2.16. The number of rotatable bonds is 8. The lowest BCUT2D eigenvalue weighted by Crippen LogP contribution is -2.35. The molecule has 1 aromatic rings. The van der Waals surface area contributed by atoms with Gasteiger partial charge in [-0.25, -0.2) is 0 Å². The van der Waals surface area contributed by atoms with Crippen molar-refractivity contribution >= 4 is 11.8 Å². The number of aliphatic hydroxyl groups is 1.